The SMILES string of the molecule is COc1ccc(CC(C)NCC(O)COc2ccccc2C=Cc2nnc(C)s2)cc1OC. The highest BCUT2D eigenvalue weighted by molar-refractivity contribution is 7.12. The summed E-state index contributed by atoms with van der Waals surface area (Å²) in [6.45, 7) is 4.63. The zero-order valence-corrected chi connectivity index (χ0v) is 20.3. The smallest absolute Gasteiger partial charge is 0.160 e. The Labute approximate surface area is 199 Å². The van der Waals surface area contributed by atoms with Crippen molar-refractivity contribution in [2.45, 2.75) is 32.4 Å². The highest BCUT2D eigenvalue weighted by Crippen LogP contribution is 2.28. The maximum absolute atomic E-state index is 10.4. The fraction of sp³-hybridized carbons (Fsp3) is 0.360. The number of methoxy groups -OCH3 is 2. The maximum Gasteiger partial charge on any atom is 0.160 e. The third kappa shape index (κ3) is 7.56. The van der Waals surface area contributed by atoms with Gasteiger partial charge in [-0.1, -0.05) is 35.6 Å². The molecule has 2 atom stereocenters. The first-order valence-corrected chi connectivity index (χ1v) is 11.6. The molecule has 0 aliphatic carbocycles. The molecule has 0 spiro atoms. The molecular formula is C25H31N3O4S. The third-order valence-corrected chi connectivity index (χ3v) is 5.79. The van der Waals surface area contributed by atoms with E-state index in [9.17, 15) is 5.11 Å². The second-order valence-electron chi connectivity index (χ2n) is 7.70. The van der Waals surface area contributed by atoms with Crippen LogP contribution in [0.5, 0.6) is 17.2 Å². The molecule has 0 fully saturated rings. The van der Waals surface area contributed by atoms with Crippen molar-refractivity contribution in [1.82, 2.24) is 15.5 Å². The van der Waals surface area contributed by atoms with Gasteiger partial charge in [-0.2, -0.15) is 0 Å². The van der Waals surface area contributed by atoms with Gasteiger partial charge in [-0.3, -0.25) is 0 Å². The van der Waals surface area contributed by atoms with Crippen LogP contribution in [-0.4, -0.2) is 54.8 Å². The molecule has 1 heterocycles. The van der Waals surface area contributed by atoms with Gasteiger partial charge in [0.2, 0.25) is 0 Å². The molecule has 7 nitrogen and oxygen atoms in total. The molecule has 0 saturated heterocycles. The highest BCUT2D eigenvalue weighted by atomic mass is 32.1. The minimum atomic E-state index is -0.638. The van der Waals surface area contributed by atoms with Crippen LogP contribution in [0.4, 0.5) is 0 Å². The van der Waals surface area contributed by atoms with Crippen LogP contribution < -0.4 is 19.5 Å². The number of hydrogen-bond donors (Lipinski definition) is 2. The predicted octanol–water partition coefficient (Wildman–Crippen LogP) is 3.99. The summed E-state index contributed by atoms with van der Waals surface area (Å²) in [5, 5.41) is 23.7. The monoisotopic (exact) mass is 469 g/mol. The molecule has 0 saturated carbocycles. The van der Waals surface area contributed by atoms with E-state index in [-0.39, 0.29) is 12.6 Å². The van der Waals surface area contributed by atoms with Gasteiger partial charge in [-0.25, -0.2) is 0 Å². The standard InChI is InChI=1S/C25H31N3O4S/c1-17(13-19-9-11-23(30-3)24(14-19)31-4)26-15-21(29)16-32-22-8-6-5-7-20(22)10-12-25-28-27-18(2)33-25/h5-12,14,17,21,26,29H,13,15-16H2,1-4H3. The minimum Gasteiger partial charge on any atom is -0.493 e. The Balaban J connectivity index is 1.48. The summed E-state index contributed by atoms with van der Waals surface area (Å²) in [6, 6.07) is 13.8. The number of aliphatic hydroxyl groups excluding tert-OH is 1. The van der Waals surface area contributed by atoms with Crippen molar-refractivity contribution in [1.29, 1.82) is 0 Å². The molecule has 1 aromatic heterocycles. The van der Waals surface area contributed by atoms with Crippen molar-refractivity contribution >= 4 is 23.5 Å². The minimum absolute atomic E-state index is 0.170. The number of hydrogen-bond acceptors (Lipinski definition) is 8. The van der Waals surface area contributed by atoms with Gasteiger partial charge in [0.25, 0.3) is 0 Å². The van der Waals surface area contributed by atoms with E-state index in [1.54, 1.807) is 14.2 Å². The Hall–Kier alpha value is -2.94. The Morgan fingerprint density at radius 2 is 1.82 bits per heavy atom. The lowest BCUT2D eigenvalue weighted by atomic mass is 10.1. The molecule has 0 aliphatic heterocycles. The summed E-state index contributed by atoms with van der Waals surface area (Å²) in [4.78, 5) is 0. The number of aryl methyl sites for hydroxylation is 1. The van der Waals surface area contributed by atoms with Gasteiger partial charge in [0.1, 0.15) is 28.5 Å². The Bertz CT molecular complexity index is 1050. The largest absolute Gasteiger partial charge is 0.493 e. The number of para-hydroxylation sites is 1. The van der Waals surface area contributed by atoms with Crippen molar-refractivity contribution in [2.24, 2.45) is 0 Å². The van der Waals surface area contributed by atoms with E-state index in [1.807, 2.05) is 61.5 Å². The van der Waals surface area contributed by atoms with Gasteiger partial charge in [-0.15, -0.1) is 10.2 Å². The molecule has 3 aromatic rings. The summed E-state index contributed by atoms with van der Waals surface area (Å²) >= 11 is 1.53. The second kappa shape index (κ2) is 12.3. The van der Waals surface area contributed by atoms with Crippen LogP contribution in [0.25, 0.3) is 12.2 Å². The van der Waals surface area contributed by atoms with Crippen molar-refractivity contribution in [3.63, 3.8) is 0 Å². The van der Waals surface area contributed by atoms with Crippen molar-refractivity contribution in [3.05, 3.63) is 63.6 Å². The fourth-order valence-electron chi connectivity index (χ4n) is 3.31. The number of rotatable bonds is 12. The van der Waals surface area contributed by atoms with Gasteiger partial charge in [-0.05, 0) is 56.2 Å². The number of nitrogens with zero attached hydrogens (tertiary/aromatic N) is 2. The summed E-state index contributed by atoms with van der Waals surface area (Å²) in [7, 11) is 3.25. The molecule has 0 radical (unpaired) electrons. The normalized spacial score (nSPS) is 13.1. The molecule has 33 heavy (non-hydrogen) atoms. The number of ether oxygens (including phenoxy) is 3. The van der Waals surface area contributed by atoms with Crippen LogP contribution in [-0.2, 0) is 6.42 Å². The molecule has 0 amide bonds. The molecule has 2 N–H and O–H groups in total. The van der Waals surface area contributed by atoms with E-state index >= 15 is 0 Å². The lowest BCUT2D eigenvalue weighted by molar-refractivity contribution is 0.104. The van der Waals surface area contributed by atoms with Crippen LogP contribution >= 0.6 is 11.3 Å². The van der Waals surface area contributed by atoms with Gasteiger partial charge >= 0.3 is 0 Å². The van der Waals surface area contributed by atoms with Gasteiger partial charge < -0.3 is 24.6 Å². The average molecular weight is 470 g/mol. The summed E-state index contributed by atoms with van der Waals surface area (Å²) in [5.41, 5.74) is 2.05. The van der Waals surface area contributed by atoms with E-state index in [1.165, 1.54) is 11.3 Å². The van der Waals surface area contributed by atoms with Crippen LogP contribution in [0.2, 0.25) is 0 Å². The van der Waals surface area contributed by atoms with E-state index in [2.05, 4.69) is 22.4 Å². The van der Waals surface area contributed by atoms with Crippen LogP contribution in [0.1, 0.15) is 28.1 Å². The Kier molecular flexibility index (Phi) is 9.24. The topological polar surface area (TPSA) is 85.7 Å². The van der Waals surface area contributed by atoms with E-state index in [0.717, 1.165) is 27.6 Å². The number of aromatic nitrogens is 2. The molecule has 0 aliphatic rings. The third-order valence-electron chi connectivity index (χ3n) is 4.99. The van der Waals surface area contributed by atoms with E-state index in [4.69, 9.17) is 14.2 Å². The van der Waals surface area contributed by atoms with Crippen LogP contribution in [0.3, 0.4) is 0 Å². The number of benzene rings is 2. The average Bonchev–Trinajstić information content (AvgIpc) is 3.25. The predicted molar refractivity (Wildman–Crippen MR) is 132 cm³/mol. The Morgan fingerprint density at radius 3 is 2.55 bits per heavy atom. The van der Waals surface area contributed by atoms with E-state index in [0.29, 0.717) is 23.8 Å². The highest BCUT2D eigenvalue weighted by Gasteiger charge is 2.11. The van der Waals surface area contributed by atoms with E-state index < -0.39 is 6.10 Å². The summed E-state index contributed by atoms with van der Waals surface area (Å²) < 4.78 is 16.6. The quantitative estimate of drug-likeness (QED) is 0.415. The van der Waals surface area contributed by atoms with Crippen molar-refractivity contribution in [2.75, 3.05) is 27.4 Å². The molecule has 176 valence electrons. The molecular weight excluding hydrogens is 438 g/mol. The van der Waals surface area contributed by atoms with Crippen LogP contribution in [0.15, 0.2) is 42.5 Å². The summed E-state index contributed by atoms with van der Waals surface area (Å²) in [6.07, 6.45) is 4.03. The zero-order valence-electron chi connectivity index (χ0n) is 19.4. The maximum atomic E-state index is 10.4. The molecule has 2 aromatic carbocycles. The Morgan fingerprint density at radius 1 is 1.03 bits per heavy atom. The molecule has 8 heteroatoms. The fourth-order valence-corrected chi connectivity index (χ4v) is 3.91. The van der Waals surface area contributed by atoms with Gasteiger partial charge in [0, 0.05) is 18.2 Å². The first-order chi connectivity index (χ1) is 16.0. The summed E-state index contributed by atoms with van der Waals surface area (Å²) in [5.74, 6) is 2.14. The molecule has 3 rings (SSSR count). The number of aliphatic hydroxyl groups is 1. The second-order valence-corrected chi connectivity index (χ2v) is 8.91. The first-order valence-electron chi connectivity index (χ1n) is 10.8. The van der Waals surface area contributed by atoms with Crippen molar-refractivity contribution < 1.29 is 19.3 Å². The van der Waals surface area contributed by atoms with Gasteiger partial charge in [0.15, 0.2) is 11.5 Å². The number of nitrogens with one attached hydrogen (secondary N) is 1. The lowest BCUT2D eigenvalue weighted by Gasteiger charge is -2.19. The van der Waals surface area contributed by atoms with Crippen LogP contribution in [0, 0.1) is 6.92 Å². The first kappa shape index (κ1) is 24.7. The lowest BCUT2D eigenvalue weighted by Crippen LogP contribution is -2.37. The molecule has 2 unspecified atom stereocenters. The van der Waals surface area contributed by atoms with Crippen molar-refractivity contribution in [3.8, 4) is 17.2 Å². The van der Waals surface area contributed by atoms with Gasteiger partial charge in [0.05, 0.1) is 14.2 Å². The molecule has 0 bridgehead atoms. The zero-order chi connectivity index (χ0) is 23.6.